The molecule has 10 nitrogen and oxygen atoms in total. The van der Waals surface area contributed by atoms with Crippen LogP contribution in [0.15, 0.2) is 77.8 Å². The number of halogens is 3. The van der Waals surface area contributed by atoms with Gasteiger partial charge in [-0.2, -0.15) is 13.2 Å². The predicted molar refractivity (Wildman–Crippen MR) is 190 cm³/mol. The quantitative estimate of drug-likeness (QED) is 0.0835. The van der Waals surface area contributed by atoms with Crippen LogP contribution in [0.3, 0.4) is 0 Å². The summed E-state index contributed by atoms with van der Waals surface area (Å²) in [4.78, 5) is 34.2. The second-order valence-electron chi connectivity index (χ2n) is 12.4. The van der Waals surface area contributed by atoms with Gasteiger partial charge in [-0.25, -0.2) is 4.79 Å². The fraction of sp³-hybridized carbons (Fsp3) is 0.447. The van der Waals surface area contributed by atoms with Crippen LogP contribution in [0.1, 0.15) is 42.9 Å². The van der Waals surface area contributed by atoms with Gasteiger partial charge in [0.1, 0.15) is 5.75 Å². The Morgan fingerprint density at radius 2 is 1.55 bits per heavy atom. The summed E-state index contributed by atoms with van der Waals surface area (Å²) in [5, 5.41) is 2.32. The summed E-state index contributed by atoms with van der Waals surface area (Å²) >= 11 is 0. The lowest BCUT2D eigenvalue weighted by atomic mass is 9.93. The summed E-state index contributed by atoms with van der Waals surface area (Å²) < 4.78 is 56.9. The molecule has 0 aromatic heterocycles. The lowest BCUT2D eigenvalue weighted by Gasteiger charge is -2.35. The molecule has 1 heterocycles. The molecule has 1 aliphatic rings. The van der Waals surface area contributed by atoms with Crippen molar-refractivity contribution in [3.63, 3.8) is 0 Å². The maximum Gasteiger partial charge on any atom is 0.490 e. The van der Waals surface area contributed by atoms with Gasteiger partial charge in [-0.15, -0.1) is 0 Å². The highest BCUT2D eigenvalue weighted by Gasteiger charge is 2.43. The number of rotatable bonds is 17. The summed E-state index contributed by atoms with van der Waals surface area (Å²) in [6.45, 7) is 7.32. The van der Waals surface area contributed by atoms with Gasteiger partial charge in [-0.3, -0.25) is 24.9 Å². The Hall–Kier alpha value is -4.46. The van der Waals surface area contributed by atoms with Gasteiger partial charge < -0.3 is 19.9 Å². The second-order valence-corrected chi connectivity index (χ2v) is 12.4. The third-order valence-electron chi connectivity index (χ3n) is 8.50. The molecule has 3 N–H and O–H groups in total. The zero-order chi connectivity index (χ0) is 36.6. The molecule has 4 rings (SSSR count). The average molecular weight is 712 g/mol. The van der Waals surface area contributed by atoms with Crippen molar-refractivity contribution in [1.82, 2.24) is 15.1 Å². The van der Waals surface area contributed by atoms with Gasteiger partial charge >= 0.3 is 12.1 Å². The van der Waals surface area contributed by atoms with E-state index in [4.69, 9.17) is 19.9 Å². The number of methoxy groups -OCH3 is 1. The van der Waals surface area contributed by atoms with Gasteiger partial charge in [0.2, 0.25) is 0 Å². The van der Waals surface area contributed by atoms with E-state index in [0.29, 0.717) is 56.0 Å². The number of nitrogens with one attached hydrogen (secondary N) is 1. The normalized spacial score (nSPS) is 15.0. The predicted octanol–water partition coefficient (Wildman–Crippen LogP) is 5.33. The Labute approximate surface area is 297 Å². The number of aliphatic imine (C=N–C) groups is 1. The fourth-order valence-corrected chi connectivity index (χ4v) is 5.78. The van der Waals surface area contributed by atoms with Gasteiger partial charge in [0, 0.05) is 83.5 Å². The molecule has 1 saturated heterocycles. The number of nitrogens with zero attached hydrogens (tertiary/aromatic N) is 3. The van der Waals surface area contributed by atoms with E-state index in [-0.39, 0.29) is 12.4 Å². The highest BCUT2D eigenvalue weighted by molar-refractivity contribution is 5.99. The van der Waals surface area contributed by atoms with Crippen molar-refractivity contribution >= 4 is 17.8 Å². The topological polar surface area (TPSA) is 119 Å². The van der Waals surface area contributed by atoms with E-state index in [1.165, 1.54) is 5.56 Å². The van der Waals surface area contributed by atoms with Crippen molar-refractivity contribution in [2.75, 3.05) is 53.0 Å². The minimum atomic E-state index is -5.31. The van der Waals surface area contributed by atoms with Crippen LogP contribution in [0, 0.1) is 0 Å². The van der Waals surface area contributed by atoms with Crippen LogP contribution in [0.4, 0.5) is 13.2 Å². The zero-order valence-corrected chi connectivity index (χ0v) is 29.3. The van der Waals surface area contributed by atoms with Crippen LogP contribution in [0.2, 0.25) is 0 Å². The molecule has 0 saturated carbocycles. The van der Waals surface area contributed by atoms with E-state index in [1.54, 1.807) is 13.2 Å². The van der Waals surface area contributed by atoms with Crippen LogP contribution in [-0.2, 0) is 38.6 Å². The third kappa shape index (κ3) is 12.4. The number of piperazine rings is 1. The Morgan fingerprint density at radius 1 is 0.902 bits per heavy atom. The number of nitrogens with two attached hydrogens (primary N) is 1. The van der Waals surface area contributed by atoms with E-state index in [2.05, 4.69) is 32.2 Å². The third-order valence-corrected chi connectivity index (χ3v) is 8.50. The van der Waals surface area contributed by atoms with E-state index in [1.807, 2.05) is 61.5 Å². The number of alkyl halides is 3. The molecule has 0 aliphatic carbocycles. The van der Waals surface area contributed by atoms with Crippen molar-refractivity contribution in [3.05, 3.63) is 89.5 Å². The summed E-state index contributed by atoms with van der Waals surface area (Å²) in [6.07, 6.45) is -5.40. The zero-order valence-electron chi connectivity index (χ0n) is 29.3. The number of benzene rings is 3. The molecular weight excluding hydrogens is 663 g/mol. The smallest absolute Gasteiger partial charge is 0.490 e. The minimum absolute atomic E-state index is 0.267. The molecule has 1 atom stereocenters. The number of carbonyl (C=O) groups excluding carboxylic acids is 2. The van der Waals surface area contributed by atoms with Crippen molar-refractivity contribution in [1.29, 1.82) is 0 Å². The van der Waals surface area contributed by atoms with E-state index in [9.17, 15) is 22.8 Å². The van der Waals surface area contributed by atoms with E-state index in [0.717, 1.165) is 50.3 Å². The molecular formula is C38H48F3N5O5. The Bertz CT molecular complexity index is 1570. The first-order valence-electron chi connectivity index (χ1n) is 17.3. The molecule has 3 aromatic carbocycles. The molecule has 1 amide bonds. The molecule has 0 bridgehead atoms. The lowest BCUT2D eigenvalue weighted by molar-refractivity contribution is -0.205. The number of esters is 1. The molecule has 1 fully saturated rings. The molecule has 3 aromatic rings. The monoisotopic (exact) mass is 711 g/mol. The number of amides is 1. The molecule has 51 heavy (non-hydrogen) atoms. The summed E-state index contributed by atoms with van der Waals surface area (Å²) in [5.41, 5.74) is 9.97. The van der Waals surface area contributed by atoms with Gasteiger partial charge in [0.05, 0.1) is 6.61 Å². The number of guanidine groups is 1. The molecule has 0 spiro atoms. The lowest BCUT2D eigenvalue weighted by Crippen LogP contribution is -2.47. The van der Waals surface area contributed by atoms with Crippen LogP contribution >= 0.6 is 0 Å². The van der Waals surface area contributed by atoms with Crippen LogP contribution < -0.4 is 15.8 Å². The maximum absolute atomic E-state index is 13.4. The number of unbranched alkanes of at least 4 members (excludes halogenated alkanes) is 1. The Morgan fingerprint density at radius 3 is 2.18 bits per heavy atom. The number of ether oxygens (including phenoxy) is 3. The van der Waals surface area contributed by atoms with Gasteiger partial charge in [0.15, 0.2) is 12.1 Å². The second kappa shape index (κ2) is 19.8. The first-order valence-corrected chi connectivity index (χ1v) is 17.3. The molecule has 276 valence electrons. The van der Waals surface area contributed by atoms with Crippen molar-refractivity contribution in [2.24, 2.45) is 10.7 Å². The van der Waals surface area contributed by atoms with Gasteiger partial charge in [-0.05, 0) is 23.1 Å². The first-order chi connectivity index (χ1) is 24.6. The van der Waals surface area contributed by atoms with Crippen LogP contribution in [0.25, 0.3) is 11.1 Å². The summed E-state index contributed by atoms with van der Waals surface area (Å²) in [5.74, 6) is -3.21. The first kappa shape index (κ1) is 39.3. The molecule has 1 unspecified atom stereocenters. The number of hydrogen-bond donors (Lipinski definition) is 2. The number of hydrogen-bond acceptors (Lipinski definition) is 8. The number of carbonyl (C=O) groups is 2. The standard InChI is InChI=1S/C38H48F3N5O5/c1-3-4-18-43-37(42)44-35(47)33(51-36(48)38(39,40)41)25-30-16-17-31(29-14-9-6-10-15-29)34(50-24-11-23-49-2)32(30)27-46-21-19-45(20-22-46)26-28-12-7-5-8-13-28/h5-10,12-17,33H,3-4,11,18-27H2,1-2H3,(H3,42,43,44,47). The highest BCUT2D eigenvalue weighted by atomic mass is 19.4. The largest absolute Gasteiger partial charge is 0.493 e. The van der Waals surface area contributed by atoms with Crippen LogP contribution in [-0.4, -0.2) is 93.0 Å². The maximum atomic E-state index is 13.4. The molecule has 0 radical (unpaired) electrons. The Kier molecular flexibility index (Phi) is 15.3. The SMILES string of the molecule is CCCCN=C(N)NC(=O)C(Cc1ccc(-c2ccccc2)c(OCCCOC)c1CN1CCN(Cc2ccccc2)CC1)OC(=O)C(F)(F)F. The van der Waals surface area contributed by atoms with Crippen molar-refractivity contribution < 1.29 is 37.0 Å². The van der Waals surface area contributed by atoms with Crippen molar-refractivity contribution in [3.8, 4) is 16.9 Å². The van der Waals surface area contributed by atoms with Gasteiger partial charge in [0.25, 0.3) is 5.91 Å². The fourth-order valence-electron chi connectivity index (χ4n) is 5.78. The van der Waals surface area contributed by atoms with Crippen LogP contribution in [0.5, 0.6) is 5.75 Å². The molecule has 13 heteroatoms. The van der Waals surface area contributed by atoms with Gasteiger partial charge in [-0.1, -0.05) is 86.1 Å². The summed E-state index contributed by atoms with van der Waals surface area (Å²) in [6, 6.07) is 23.4. The summed E-state index contributed by atoms with van der Waals surface area (Å²) in [7, 11) is 1.60. The minimum Gasteiger partial charge on any atom is -0.493 e. The van der Waals surface area contributed by atoms with Crippen molar-refractivity contribution in [2.45, 2.75) is 58.0 Å². The van der Waals surface area contributed by atoms with E-state index >= 15 is 0 Å². The average Bonchev–Trinajstić information content (AvgIpc) is 3.12. The Balaban J connectivity index is 1.69. The molecule has 1 aliphatic heterocycles. The highest BCUT2D eigenvalue weighted by Crippen LogP contribution is 2.37. The van der Waals surface area contributed by atoms with E-state index < -0.39 is 24.2 Å².